The predicted octanol–water partition coefficient (Wildman–Crippen LogP) is -1.83. The average Bonchev–Trinajstić information content (AvgIpc) is 1.85. The summed E-state index contributed by atoms with van der Waals surface area (Å²) in [6.45, 7) is 4.18. The molecule has 0 radical (unpaired) electrons. The van der Waals surface area contributed by atoms with E-state index >= 15 is 0 Å². The molecule has 0 aromatic carbocycles. The number of carboxylic acids is 2. The topological polar surface area (TPSA) is 74.6 Å². The van der Waals surface area contributed by atoms with E-state index in [1.165, 1.54) is 6.42 Å². The summed E-state index contributed by atoms with van der Waals surface area (Å²) in [4.78, 5) is 18.9. The summed E-state index contributed by atoms with van der Waals surface area (Å²) < 4.78 is 0. The Labute approximate surface area is 84.1 Å². The molecule has 12 heavy (non-hydrogen) atoms. The first-order valence-electron chi connectivity index (χ1n) is 3.26. The zero-order valence-electron chi connectivity index (χ0n) is 7.70. The van der Waals surface area contributed by atoms with Gasteiger partial charge in [0.05, 0.1) is 0 Å². The largest absolute Gasteiger partial charge is 1.00 e. The molecule has 0 saturated carbocycles. The summed E-state index contributed by atoms with van der Waals surface area (Å²) in [7, 11) is 0. The smallest absolute Gasteiger partial charge is 0.481 e. The second-order valence-corrected chi connectivity index (χ2v) is 1.78. The van der Waals surface area contributed by atoms with Crippen molar-refractivity contribution in [2.45, 2.75) is 26.7 Å². The van der Waals surface area contributed by atoms with Gasteiger partial charge in [-0.25, -0.2) is 0 Å². The molecule has 66 valence electrons. The van der Waals surface area contributed by atoms with Gasteiger partial charge in [-0.3, -0.25) is 9.59 Å². The van der Waals surface area contributed by atoms with Crippen molar-refractivity contribution in [3.8, 4) is 0 Å². The summed E-state index contributed by atoms with van der Waals surface area (Å²) in [6, 6.07) is 0. The van der Waals surface area contributed by atoms with Crippen molar-refractivity contribution in [3.05, 3.63) is 6.42 Å². The summed E-state index contributed by atoms with van der Waals surface area (Å²) in [5.74, 6) is -2.62. The first kappa shape index (κ1) is 17.6. The maximum absolute atomic E-state index is 9.43. The normalized spacial score (nSPS) is 7.17. The van der Waals surface area contributed by atoms with Gasteiger partial charge >= 0.3 is 30.8 Å². The summed E-state index contributed by atoms with van der Waals surface area (Å²) >= 11 is 0. The first-order chi connectivity index (χ1) is 5.04. The van der Waals surface area contributed by atoms with Gasteiger partial charge < -0.3 is 16.6 Å². The number of hydrogen-bond donors (Lipinski definition) is 2. The second kappa shape index (κ2) is 13.2. The van der Waals surface area contributed by atoms with Crippen molar-refractivity contribution in [1.82, 2.24) is 0 Å². The van der Waals surface area contributed by atoms with Gasteiger partial charge in [-0.15, -0.1) is 0 Å². The van der Waals surface area contributed by atoms with E-state index in [4.69, 9.17) is 10.2 Å². The Hall–Kier alpha value is -0.463. The molecule has 0 spiro atoms. The minimum absolute atomic E-state index is 0. The molecular weight excluding hydrogens is 155 g/mol. The number of aliphatic carboxylic acids is 2. The van der Waals surface area contributed by atoms with Gasteiger partial charge in [0.1, 0.15) is 6.42 Å². The molecule has 0 aliphatic heterocycles. The molecule has 0 aliphatic carbocycles. The standard InChI is InChI=1S/C4H9.C3H4O4.Li/c1-3-4-2;4-2(5)1-3(6)7;/h3H,4H2,1-2H3;1H2,(H,4,5)(H,6,7);/q-1;;+1. The molecule has 5 heteroatoms. The van der Waals surface area contributed by atoms with Crippen LogP contribution in [0.4, 0.5) is 0 Å². The van der Waals surface area contributed by atoms with Gasteiger partial charge in [-0.2, -0.15) is 13.3 Å². The number of carbonyl (C=O) groups is 2. The minimum Gasteiger partial charge on any atom is -0.481 e. The number of hydrogen-bond acceptors (Lipinski definition) is 2. The molecule has 0 aromatic heterocycles. The van der Waals surface area contributed by atoms with Crippen LogP contribution in [0.2, 0.25) is 0 Å². The molecule has 0 fully saturated rings. The monoisotopic (exact) mass is 168 g/mol. The van der Waals surface area contributed by atoms with Crippen LogP contribution in [0, 0.1) is 6.42 Å². The van der Waals surface area contributed by atoms with Crippen LogP contribution in [-0.4, -0.2) is 22.2 Å². The Kier molecular flexibility index (Phi) is 19.3. The van der Waals surface area contributed by atoms with E-state index in [2.05, 4.69) is 20.3 Å². The molecule has 0 aromatic rings. The van der Waals surface area contributed by atoms with Gasteiger partial charge in [-0.05, 0) is 0 Å². The number of rotatable bonds is 3. The van der Waals surface area contributed by atoms with Crippen LogP contribution in [0.1, 0.15) is 26.7 Å². The fraction of sp³-hybridized carbons (Fsp3) is 0.571. The molecule has 0 rings (SSSR count). The van der Waals surface area contributed by atoms with E-state index in [1.807, 2.05) is 0 Å². The fourth-order valence-electron chi connectivity index (χ4n) is 0.129. The fourth-order valence-corrected chi connectivity index (χ4v) is 0.129. The SMILES string of the molecule is C[CH-]CC.O=C(O)CC(=O)O.[Li+]. The average molecular weight is 168 g/mol. The Bertz CT molecular complexity index is 111. The predicted molar refractivity (Wildman–Crippen MR) is 40.2 cm³/mol. The van der Waals surface area contributed by atoms with Crippen molar-refractivity contribution >= 4 is 11.9 Å². The van der Waals surface area contributed by atoms with E-state index in [-0.39, 0.29) is 18.9 Å². The molecule has 2 N–H and O–H groups in total. The van der Waals surface area contributed by atoms with Gasteiger partial charge in [-0.1, -0.05) is 6.92 Å². The summed E-state index contributed by atoms with van der Waals surface area (Å²) in [5, 5.41) is 15.4. The molecule has 0 amide bonds. The molecule has 0 bridgehead atoms. The third-order valence-corrected chi connectivity index (χ3v) is 0.711. The van der Waals surface area contributed by atoms with Crippen LogP contribution in [0.3, 0.4) is 0 Å². The van der Waals surface area contributed by atoms with Gasteiger partial charge in [0.15, 0.2) is 0 Å². The van der Waals surface area contributed by atoms with Crippen molar-refractivity contribution in [2.75, 3.05) is 0 Å². The molecule has 0 unspecified atom stereocenters. The van der Waals surface area contributed by atoms with E-state index < -0.39 is 18.4 Å². The second-order valence-electron chi connectivity index (χ2n) is 1.78. The number of unbranched alkanes of at least 4 members (excludes halogenated alkanes) is 1. The van der Waals surface area contributed by atoms with Gasteiger partial charge in [0.2, 0.25) is 0 Å². The van der Waals surface area contributed by atoms with Crippen LogP contribution in [-0.2, 0) is 9.59 Å². The van der Waals surface area contributed by atoms with E-state index in [1.54, 1.807) is 0 Å². The Morgan fingerprint density at radius 1 is 1.25 bits per heavy atom. The van der Waals surface area contributed by atoms with E-state index in [0.717, 1.165) is 0 Å². The zero-order valence-corrected chi connectivity index (χ0v) is 7.70. The van der Waals surface area contributed by atoms with E-state index in [9.17, 15) is 9.59 Å². The Balaban J connectivity index is -0.000000142. The molecular formula is C7H13LiO4. The van der Waals surface area contributed by atoms with Crippen LogP contribution >= 0.6 is 0 Å². The van der Waals surface area contributed by atoms with Crippen molar-refractivity contribution in [1.29, 1.82) is 0 Å². The molecule has 0 saturated heterocycles. The van der Waals surface area contributed by atoms with E-state index in [0.29, 0.717) is 0 Å². The number of carboxylic acid groups (broad SMARTS) is 2. The van der Waals surface area contributed by atoms with Crippen molar-refractivity contribution in [2.24, 2.45) is 0 Å². The third kappa shape index (κ3) is 33.8. The van der Waals surface area contributed by atoms with Crippen LogP contribution in [0.15, 0.2) is 0 Å². The maximum atomic E-state index is 9.43. The summed E-state index contributed by atoms with van der Waals surface area (Å²) in [5.41, 5.74) is 0. The summed E-state index contributed by atoms with van der Waals surface area (Å²) in [6.07, 6.45) is 2.51. The maximum Gasteiger partial charge on any atom is 1.00 e. The Morgan fingerprint density at radius 3 is 1.50 bits per heavy atom. The van der Waals surface area contributed by atoms with Gasteiger partial charge in [0, 0.05) is 0 Å². The Morgan fingerprint density at radius 2 is 1.50 bits per heavy atom. The van der Waals surface area contributed by atoms with Crippen LogP contribution < -0.4 is 18.9 Å². The first-order valence-corrected chi connectivity index (χ1v) is 3.26. The molecule has 0 aliphatic rings. The quantitative estimate of drug-likeness (QED) is 0.295. The van der Waals surface area contributed by atoms with Crippen molar-refractivity contribution < 1.29 is 38.7 Å². The molecule has 0 heterocycles. The van der Waals surface area contributed by atoms with Crippen LogP contribution in [0.5, 0.6) is 0 Å². The third-order valence-electron chi connectivity index (χ3n) is 0.711. The van der Waals surface area contributed by atoms with Crippen LogP contribution in [0.25, 0.3) is 0 Å². The zero-order chi connectivity index (χ0) is 9.28. The van der Waals surface area contributed by atoms with Crippen molar-refractivity contribution in [3.63, 3.8) is 0 Å². The van der Waals surface area contributed by atoms with Gasteiger partial charge in [0.25, 0.3) is 0 Å². The molecule has 4 nitrogen and oxygen atoms in total. The minimum atomic E-state index is -1.31. The molecule has 0 atom stereocenters.